The lowest BCUT2D eigenvalue weighted by Crippen LogP contribution is -2.07. The highest BCUT2D eigenvalue weighted by Crippen LogP contribution is 2.22. The fourth-order valence-electron chi connectivity index (χ4n) is 2.88. The molecule has 0 amide bonds. The van der Waals surface area contributed by atoms with Crippen LogP contribution in [0.4, 0.5) is 34.9 Å². The molecular weight excluding hydrogens is 388 g/mol. The summed E-state index contributed by atoms with van der Waals surface area (Å²) in [5.41, 5.74) is 5.01. The summed E-state index contributed by atoms with van der Waals surface area (Å²) in [6, 6.07) is 23.7. The van der Waals surface area contributed by atoms with E-state index >= 15 is 0 Å². The molecule has 7 heteroatoms. The van der Waals surface area contributed by atoms with Crippen molar-refractivity contribution < 1.29 is 4.74 Å². The first-order chi connectivity index (χ1) is 15.1. The molecule has 0 saturated heterocycles. The average molecular weight is 412 g/mol. The van der Waals surface area contributed by atoms with Gasteiger partial charge in [0, 0.05) is 17.1 Å². The molecule has 0 bridgehead atoms. The molecule has 31 heavy (non-hydrogen) atoms. The Hall–Kier alpha value is -4.13. The Bertz CT molecular complexity index is 1080. The van der Waals surface area contributed by atoms with Gasteiger partial charge in [0.15, 0.2) is 0 Å². The van der Waals surface area contributed by atoms with Crippen LogP contribution in [-0.2, 0) is 0 Å². The van der Waals surface area contributed by atoms with Crippen molar-refractivity contribution in [1.29, 1.82) is 0 Å². The van der Waals surface area contributed by atoms with Gasteiger partial charge in [-0.25, -0.2) is 0 Å². The molecule has 156 valence electrons. The Morgan fingerprint density at radius 1 is 0.516 bits per heavy atom. The van der Waals surface area contributed by atoms with Crippen LogP contribution < -0.4 is 20.7 Å². The molecule has 0 saturated carbocycles. The van der Waals surface area contributed by atoms with Crippen molar-refractivity contribution in [3.63, 3.8) is 0 Å². The van der Waals surface area contributed by atoms with Gasteiger partial charge in [-0.1, -0.05) is 35.4 Å². The summed E-state index contributed by atoms with van der Waals surface area (Å²) in [4.78, 5) is 13.6. The Labute approximate surface area is 181 Å². The van der Waals surface area contributed by atoms with Crippen LogP contribution in [0.15, 0.2) is 72.8 Å². The van der Waals surface area contributed by atoms with Gasteiger partial charge in [-0.05, 0) is 62.4 Å². The lowest BCUT2D eigenvalue weighted by Gasteiger charge is -2.12. The first-order valence-corrected chi connectivity index (χ1v) is 9.92. The Balaban J connectivity index is 1.62. The van der Waals surface area contributed by atoms with Crippen LogP contribution in [0.25, 0.3) is 0 Å². The maximum atomic E-state index is 5.22. The zero-order valence-electron chi connectivity index (χ0n) is 17.7. The second-order valence-electron chi connectivity index (χ2n) is 7.14. The minimum absolute atomic E-state index is 0.421. The monoisotopic (exact) mass is 412 g/mol. The van der Waals surface area contributed by atoms with Gasteiger partial charge in [-0.15, -0.1) is 0 Å². The van der Waals surface area contributed by atoms with E-state index in [1.807, 2.05) is 86.6 Å². The number of hydrogen-bond acceptors (Lipinski definition) is 7. The molecule has 1 heterocycles. The van der Waals surface area contributed by atoms with Crippen molar-refractivity contribution in [3.05, 3.63) is 83.9 Å². The molecule has 0 aliphatic carbocycles. The molecule has 0 fully saturated rings. The molecule has 0 spiro atoms. The summed E-state index contributed by atoms with van der Waals surface area (Å²) in [5, 5.41) is 9.73. The summed E-state index contributed by atoms with van der Waals surface area (Å²) < 4.78 is 5.22. The number of hydrogen-bond donors (Lipinski definition) is 3. The summed E-state index contributed by atoms with van der Waals surface area (Å²) >= 11 is 0. The number of anilines is 6. The van der Waals surface area contributed by atoms with Crippen LogP contribution in [-0.4, -0.2) is 22.1 Å². The van der Waals surface area contributed by atoms with Crippen molar-refractivity contribution in [3.8, 4) is 5.75 Å². The molecule has 0 unspecified atom stereocenters. The third kappa shape index (κ3) is 5.48. The molecule has 4 rings (SSSR count). The van der Waals surface area contributed by atoms with E-state index in [-0.39, 0.29) is 0 Å². The normalized spacial score (nSPS) is 10.4. The number of benzene rings is 3. The Morgan fingerprint density at radius 2 is 0.839 bits per heavy atom. The molecule has 0 atom stereocenters. The predicted octanol–water partition coefficient (Wildman–Crippen LogP) is 5.73. The van der Waals surface area contributed by atoms with Gasteiger partial charge in [-0.3, -0.25) is 0 Å². The standard InChI is InChI=1S/C24H24N6O/c1-16-4-8-18(9-5-16)25-22-28-23(26-19-10-6-17(2)7-11-19)30-24(29-22)27-20-12-14-21(31-3)15-13-20/h4-15H,1-3H3,(H3,25,26,27,28,29,30). The molecule has 0 aliphatic heterocycles. The van der Waals surface area contributed by atoms with Gasteiger partial charge >= 0.3 is 0 Å². The summed E-state index contributed by atoms with van der Waals surface area (Å²) in [6.45, 7) is 4.10. The average Bonchev–Trinajstić information content (AvgIpc) is 2.77. The fourth-order valence-corrected chi connectivity index (χ4v) is 2.88. The minimum atomic E-state index is 0.421. The van der Waals surface area contributed by atoms with Crippen LogP contribution in [0.5, 0.6) is 5.75 Å². The maximum absolute atomic E-state index is 5.22. The van der Waals surface area contributed by atoms with E-state index in [4.69, 9.17) is 4.74 Å². The van der Waals surface area contributed by atoms with Gasteiger partial charge in [0.25, 0.3) is 0 Å². The minimum Gasteiger partial charge on any atom is -0.497 e. The van der Waals surface area contributed by atoms with E-state index in [9.17, 15) is 0 Å². The van der Waals surface area contributed by atoms with Gasteiger partial charge in [0.2, 0.25) is 17.8 Å². The van der Waals surface area contributed by atoms with E-state index in [1.165, 1.54) is 11.1 Å². The Kier molecular flexibility index (Phi) is 5.93. The van der Waals surface area contributed by atoms with Crippen LogP contribution in [0.2, 0.25) is 0 Å². The highest BCUT2D eigenvalue weighted by molar-refractivity contribution is 5.62. The van der Waals surface area contributed by atoms with Gasteiger partial charge in [0.1, 0.15) is 5.75 Å². The molecule has 0 radical (unpaired) electrons. The largest absolute Gasteiger partial charge is 0.497 e. The first-order valence-electron chi connectivity index (χ1n) is 9.92. The number of aromatic nitrogens is 3. The summed E-state index contributed by atoms with van der Waals surface area (Å²) in [6.07, 6.45) is 0. The highest BCUT2D eigenvalue weighted by Gasteiger charge is 2.09. The fraction of sp³-hybridized carbons (Fsp3) is 0.125. The van der Waals surface area contributed by atoms with Crippen molar-refractivity contribution in [2.75, 3.05) is 23.1 Å². The van der Waals surface area contributed by atoms with Gasteiger partial charge in [0.05, 0.1) is 7.11 Å². The van der Waals surface area contributed by atoms with Crippen LogP contribution >= 0.6 is 0 Å². The smallest absolute Gasteiger partial charge is 0.233 e. The second-order valence-corrected chi connectivity index (χ2v) is 7.14. The predicted molar refractivity (Wildman–Crippen MR) is 125 cm³/mol. The van der Waals surface area contributed by atoms with Gasteiger partial charge < -0.3 is 20.7 Å². The second kappa shape index (κ2) is 9.13. The molecular formula is C24H24N6O. The van der Waals surface area contributed by atoms with E-state index in [0.29, 0.717) is 17.8 Å². The third-order valence-corrected chi connectivity index (χ3v) is 4.60. The van der Waals surface area contributed by atoms with Crippen molar-refractivity contribution in [1.82, 2.24) is 15.0 Å². The van der Waals surface area contributed by atoms with Crippen LogP contribution in [0.3, 0.4) is 0 Å². The molecule has 3 N–H and O–H groups in total. The number of methoxy groups -OCH3 is 1. The molecule has 3 aromatic carbocycles. The Morgan fingerprint density at radius 3 is 1.16 bits per heavy atom. The SMILES string of the molecule is COc1ccc(Nc2nc(Nc3ccc(C)cc3)nc(Nc3ccc(C)cc3)n2)cc1. The molecule has 7 nitrogen and oxygen atoms in total. The third-order valence-electron chi connectivity index (χ3n) is 4.60. The number of rotatable bonds is 7. The topological polar surface area (TPSA) is 84.0 Å². The number of nitrogens with one attached hydrogen (secondary N) is 3. The summed E-state index contributed by atoms with van der Waals surface area (Å²) in [7, 11) is 1.64. The van der Waals surface area contributed by atoms with E-state index in [0.717, 1.165) is 22.8 Å². The molecule has 4 aromatic rings. The van der Waals surface area contributed by atoms with E-state index in [1.54, 1.807) is 7.11 Å². The summed E-state index contributed by atoms with van der Waals surface area (Å²) in [5.74, 6) is 2.07. The molecule has 0 aliphatic rings. The first kappa shape index (κ1) is 20.2. The van der Waals surface area contributed by atoms with Gasteiger partial charge in [-0.2, -0.15) is 15.0 Å². The zero-order valence-corrected chi connectivity index (χ0v) is 17.7. The maximum Gasteiger partial charge on any atom is 0.233 e. The van der Waals surface area contributed by atoms with Crippen molar-refractivity contribution in [2.45, 2.75) is 13.8 Å². The number of ether oxygens (including phenoxy) is 1. The van der Waals surface area contributed by atoms with Crippen molar-refractivity contribution >= 4 is 34.9 Å². The van der Waals surface area contributed by atoms with Crippen LogP contribution in [0.1, 0.15) is 11.1 Å². The van der Waals surface area contributed by atoms with Crippen molar-refractivity contribution in [2.24, 2.45) is 0 Å². The zero-order chi connectivity index (χ0) is 21.6. The van der Waals surface area contributed by atoms with E-state index < -0.39 is 0 Å². The number of aryl methyl sites for hydroxylation is 2. The lowest BCUT2D eigenvalue weighted by atomic mass is 10.2. The van der Waals surface area contributed by atoms with E-state index in [2.05, 4.69) is 30.9 Å². The highest BCUT2D eigenvalue weighted by atomic mass is 16.5. The quantitative estimate of drug-likeness (QED) is 0.357. The number of nitrogens with zero attached hydrogens (tertiary/aromatic N) is 3. The lowest BCUT2D eigenvalue weighted by molar-refractivity contribution is 0.415. The molecule has 1 aromatic heterocycles. The van der Waals surface area contributed by atoms with Crippen LogP contribution in [0, 0.1) is 13.8 Å².